The van der Waals surface area contributed by atoms with Crippen LogP contribution < -0.4 is 5.32 Å². The minimum atomic E-state index is -0.924. The number of carbonyl (C=O) groups is 1. The third-order valence-corrected chi connectivity index (χ3v) is 3.31. The number of hydrogen-bond donors (Lipinski definition) is 2. The molecule has 1 rings (SSSR count). The third-order valence-electron chi connectivity index (χ3n) is 3.02. The molecule has 100 valence electrons. The van der Waals surface area contributed by atoms with Crippen LogP contribution in [0, 0.1) is 11.7 Å². The smallest absolute Gasteiger partial charge is 0.320 e. The predicted octanol–water partition coefficient (Wildman–Crippen LogP) is 3.07. The van der Waals surface area contributed by atoms with Crippen LogP contribution in [0.15, 0.2) is 18.2 Å². The monoisotopic (exact) mass is 273 g/mol. The molecule has 0 aliphatic rings. The molecular weight excluding hydrogens is 257 g/mol. The molecule has 0 bridgehead atoms. The van der Waals surface area contributed by atoms with Crippen molar-refractivity contribution in [1.82, 2.24) is 5.32 Å². The van der Waals surface area contributed by atoms with Gasteiger partial charge in [-0.1, -0.05) is 44.0 Å². The van der Waals surface area contributed by atoms with E-state index in [9.17, 15) is 9.18 Å². The number of nitrogens with one attached hydrogen (secondary N) is 1. The first-order valence-electron chi connectivity index (χ1n) is 5.86. The first-order valence-corrected chi connectivity index (χ1v) is 6.24. The second-order valence-corrected chi connectivity index (χ2v) is 4.70. The predicted molar refractivity (Wildman–Crippen MR) is 69.1 cm³/mol. The van der Waals surface area contributed by atoms with E-state index < -0.39 is 17.8 Å². The molecule has 2 N–H and O–H groups in total. The fourth-order valence-corrected chi connectivity index (χ4v) is 1.87. The van der Waals surface area contributed by atoms with Crippen molar-refractivity contribution in [2.45, 2.75) is 32.9 Å². The SMILES string of the molecule is CC[C@H](C)[C@H](NCc1cccc(Cl)c1F)C(=O)O. The van der Waals surface area contributed by atoms with E-state index in [0.29, 0.717) is 5.56 Å². The summed E-state index contributed by atoms with van der Waals surface area (Å²) in [7, 11) is 0. The average Bonchev–Trinajstić information content (AvgIpc) is 2.33. The van der Waals surface area contributed by atoms with Crippen LogP contribution in [0.3, 0.4) is 0 Å². The van der Waals surface area contributed by atoms with Crippen molar-refractivity contribution in [3.63, 3.8) is 0 Å². The lowest BCUT2D eigenvalue weighted by atomic mass is 9.99. The number of aliphatic carboxylic acids is 1. The van der Waals surface area contributed by atoms with Gasteiger partial charge in [0.15, 0.2) is 0 Å². The maximum absolute atomic E-state index is 13.6. The Hall–Kier alpha value is -1.13. The molecule has 0 unspecified atom stereocenters. The van der Waals surface area contributed by atoms with Crippen LogP contribution in [-0.4, -0.2) is 17.1 Å². The summed E-state index contributed by atoms with van der Waals surface area (Å²) in [5, 5.41) is 12.0. The molecule has 0 heterocycles. The van der Waals surface area contributed by atoms with Gasteiger partial charge >= 0.3 is 5.97 Å². The summed E-state index contributed by atoms with van der Waals surface area (Å²) in [5.41, 5.74) is 0.372. The summed E-state index contributed by atoms with van der Waals surface area (Å²) in [6.45, 7) is 3.91. The molecule has 1 aromatic rings. The number of carboxylic acid groups (broad SMARTS) is 1. The van der Waals surface area contributed by atoms with E-state index in [-0.39, 0.29) is 17.5 Å². The average molecular weight is 274 g/mol. The van der Waals surface area contributed by atoms with E-state index >= 15 is 0 Å². The molecule has 1 aromatic carbocycles. The zero-order valence-electron chi connectivity index (χ0n) is 10.4. The van der Waals surface area contributed by atoms with Gasteiger partial charge in [0.25, 0.3) is 0 Å². The Bertz CT molecular complexity index is 425. The molecule has 18 heavy (non-hydrogen) atoms. The molecule has 0 radical (unpaired) electrons. The molecule has 0 fully saturated rings. The minimum Gasteiger partial charge on any atom is -0.480 e. The summed E-state index contributed by atoms with van der Waals surface area (Å²) in [6, 6.07) is 4.00. The van der Waals surface area contributed by atoms with E-state index in [1.807, 2.05) is 13.8 Å². The second kappa shape index (κ2) is 6.71. The van der Waals surface area contributed by atoms with Gasteiger partial charge in [0.05, 0.1) is 5.02 Å². The van der Waals surface area contributed by atoms with Gasteiger partial charge in [0.2, 0.25) is 0 Å². The summed E-state index contributed by atoms with van der Waals surface area (Å²) in [5.74, 6) is -1.45. The topological polar surface area (TPSA) is 49.3 Å². The third kappa shape index (κ3) is 3.68. The van der Waals surface area contributed by atoms with E-state index in [1.54, 1.807) is 12.1 Å². The lowest BCUT2D eigenvalue weighted by Gasteiger charge is -2.20. The van der Waals surface area contributed by atoms with Crippen molar-refractivity contribution in [3.05, 3.63) is 34.6 Å². The molecule has 0 amide bonds. The van der Waals surface area contributed by atoms with Crippen molar-refractivity contribution >= 4 is 17.6 Å². The second-order valence-electron chi connectivity index (χ2n) is 4.30. The Kier molecular flexibility index (Phi) is 5.56. The van der Waals surface area contributed by atoms with Gasteiger partial charge < -0.3 is 5.11 Å². The van der Waals surface area contributed by atoms with Gasteiger partial charge in [-0.2, -0.15) is 0 Å². The summed E-state index contributed by atoms with van der Waals surface area (Å²) in [6.07, 6.45) is 0.738. The maximum Gasteiger partial charge on any atom is 0.320 e. The zero-order valence-corrected chi connectivity index (χ0v) is 11.2. The van der Waals surface area contributed by atoms with Gasteiger partial charge in [-0.3, -0.25) is 10.1 Å². The lowest BCUT2D eigenvalue weighted by molar-refractivity contribution is -0.140. The maximum atomic E-state index is 13.6. The number of rotatable bonds is 6. The van der Waals surface area contributed by atoms with Gasteiger partial charge in [-0.25, -0.2) is 4.39 Å². The molecule has 0 saturated carbocycles. The van der Waals surface area contributed by atoms with Crippen LogP contribution in [0.2, 0.25) is 5.02 Å². The van der Waals surface area contributed by atoms with E-state index in [2.05, 4.69) is 5.32 Å². The molecule has 3 nitrogen and oxygen atoms in total. The minimum absolute atomic E-state index is 0.0234. The summed E-state index contributed by atoms with van der Waals surface area (Å²) in [4.78, 5) is 11.1. The highest BCUT2D eigenvalue weighted by Gasteiger charge is 2.23. The molecule has 0 saturated heterocycles. The Morgan fingerprint density at radius 2 is 2.22 bits per heavy atom. The van der Waals surface area contributed by atoms with Crippen LogP contribution in [0.25, 0.3) is 0 Å². The highest BCUT2D eigenvalue weighted by molar-refractivity contribution is 6.30. The van der Waals surface area contributed by atoms with Crippen molar-refractivity contribution in [2.75, 3.05) is 0 Å². The summed E-state index contributed by atoms with van der Waals surface area (Å²) >= 11 is 5.66. The number of halogens is 2. The molecule has 2 atom stereocenters. The van der Waals surface area contributed by atoms with Crippen molar-refractivity contribution in [3.8, 4) is 0 Å². The summed E-state index contributed by atoms with van der Waals surface area (Å²) < 4.78 is 13.6. The van der Waals surface area contributed by atoms with Crippen molar-refractivity contribution in [2.24, 2.45) is 5.92 Å². The van der Waals surface area contributed by atoms with Crippen LogP contribution in [-0.2, 0) is 11.3 Å². The Labute approximate surface area is 111 Å². The van der Waals surface area contributed by atoms with Gasteiger partial charge in [0, 0.05) is 12.1 Å². The van der Waals surface area contributed by atoms with E-state index in [4.69, 9.17) is 16.7 Å². The van der Waals surface area contributed by atoms with Gasteiger partial charge in [-0.05, 0) is 12.0 Å². The number of carboxylic acids is 1. The van der Waals surface area contributed by atoms with Crippen molar-refractivity contribution in [1.29, 1.82) is 0 Å². The van der Waals surface area contributed by atoms with Crippen LogP contribution in [0.1, 0.15) is 25.8 Å². The lowest BCUT2D eigenvalue weighted by Crippen LogP contribution is -2.41. The largest absolute Gasteiger partial charge is 0.480 e. The highest BCUT2D eigenvalue weighted by atomic mass is 35.5. The van der Waals surface area contributed by atoms with Gasteiger partial charge in [-0.15, -0.1) is 0 Å². The fourth-order valence-electron chi connectivity index (χ4n) is 1.67. The van der Waals surface area contributed by atoms with Crippen LogP contribution >= 0.6 is 11.6 Å². The quantitative estimate of drug-likeness (QED) is 0.837. The first kappa shape index (κ1) is 14.9. The molecule has 0 spiro atoms. The molecule has 0 aliphatic carbocycles. The van der Waals surface area contributed by atoms with E-state index in [1.165, 1.54) is 6.07 Å². The molecule has 0 aromatic heterocycles. The molecule has 5 heteroatoms. The highest BCUT2D eigenvalue weighted by Crippen LogP contribution is 2.18. The Morgan fingerprint density at radius 3 is 2.78 bits per heavy atom. The standard InChI is InChI=1S/C13H17ClFNO2/c1-3-8(2)12(13(17)18)16-7-9-5-4-6-10(14)11(9)15/h4-6,8,12,16H,3,7H2,1-2H3,(H,17,18)/t8-,12-/m0/s1. The zero-order chi connectivity index (χ0) is 13.7. The molecule has 0 aliphatic heterocycles. The van der Waals surface area contributed by atoms with E-state index in [0.717, 1.165) is 6.42 Å². The first-order chi connectivity index (χ1) is 8.47. The fraction of sp³-hybridized carbons (Fsp3) is 0.462. The number of benzene rings is 1. The van der Waals surface area contributed by atoms with Crippen LogP contribution in [0.4, 0.5) is 4.39 Å². The van der Waals surface area contributed by atoms with Gasteiger partial charge in [0.1, 0.15) is 11.9 Å². The Morgan fingerprint density at radius 1 is 1.56 bits per heavy atom. The van der Waals surface area contributed by atoms with Crippen LogP contribution in [0.5, 0.6) is 0 Å². The normalized spacial score (nSPS) is 14.2. The number of hydrogen-bond acceptors (Lipinski definition) is 2. The van der Waals surface area contributed by atoms with Crippen molar-refractivity contribution < 1.29 is 14.3 Å². The molecular formula is C13H17ClFNO2. The Balaban J connectivity index is 2.73.